The van der Waals surface area contributed by atoms with E-state index in [1.165, 1.54) is 57.8 Å². The molecule has 0 spiro atoms. The van der Waals surface area contributed by atoms with Crippen molar-refractivity contribution in [2.24, 2.45) is 16.5 Å². The lowest BCUT2D eigenvalue weighted by Crippen LogP contribution is -2.37. The van der Waals surface area contributed by atoms with E-state index in [4.69, 9.17) is 30.7 Å². The molecule has 0 amide bonds. The number of phosphoric acid groups is 1. The fraction of sp³-hybridized carbons (Fsp3) is 0.889. The second kappa shape index (κ2) is 20.1. The van der Waals surface area contributed by atoms with Crippen LogP contribution in [0.5, 0.6) is 0 Å². The average molecular weight is 441 g/mol. The second-order valence-electron chi connectivity index (χ2n) is 6.99. The van der Waals surface area contributed by atoms with Crippen molar-refractivity contribution < 1.29 is 29.1 Å². The lowest BCUT2D eigenvalue weighted by molar-refractivity contribution is -0.139. The number of nitrogens with zero attached hydrogens (tertiary/aromatic N) is 1. The molecule has 10 nitrogen and oxygen atoms in total. The lowest BCUT2D eigenvalue weighted by Gasteiger charge is -2.13. The fourth-order valence-electron chi connectivity index (χ4n) is 2.71. The van der Waals surface area contributed by atoms with Gasteiger partial charge in [-0.1, -0.05) is 64.7 Å². The van der Waals surface area contributed by atoms with E-state index in [2.05, 4.69) is 17.2 Å². The summed E-state index contributed by atoms with van der Waals surface area (Å²) >= 11 is 0. The summed E-state index contributed by atoms with van der Waals surface area (Å²) in [7, 11) is -4.64. The third-order valence-corrected chi connectivity index (χ3v) is 4.16. The van der Waals surface area contributed by atoms with Gasteiger partial charge in [-0.2, -0.15) is 0 Å². The number of hydrogen-bond acceptors (Lipinski definition) is 4. The second-order valence-corrected chi connectivity index (χ2v) is 8.02. The molecule has 0 aliphatic heterocycles. The summed E-state index contributed by atoms with van der Waals surface area (Å²) in [6.45, 7) is 3.48. The smallest absolute Gasteiger partial charge is 0.466 e. The van der Waals surface area contributed by atoms with Crippen molar-refractivity contribution in [1.29, 1.82) is 0 Å². The Kier molecular flexibility index (Phi) is 20.8. The van der Waals surface area contributed by atoms with Crippen LogP contribution in [0.4, 0.5) is 0 Å². The summed E-state index contributed by atoms with van der Waals surface area (Å²) in [5.74, 6) is -0.744. The maximum Gasteiger partial charge on any atom is 0.466 e. The van der Waals surface area contributed by atoms with Gasteiger partial charge in [-0.05, 0) is 25.8 Å². The van der Waals surface area contributed by atoms with Crippen molar-refractivity contribution >= 4 is 19.8 Å². The van der Waals surface area contributed by atoms with E-state index >= 15 is 0 Å². The Balaban J connectivity index is 0. The van der Waals surface area contributed by atoms with Crippen molar-refractivity contribution in [2.75, 3.05) is 13.1 Å². The van der Waals surface area contributed by atoms with Gasteiger partial charge in [-0.25, -0.2) is 4.57 Å². The van der Waals surface area contributed by atoms with Crippen LogP contribution < -0.4 is 16.8 Å². The van der Waals surface area contributed by atoms with E-state index in [0.717, 1.165) is 13.0 Å². The number of aliphatic carboxylic acids is 1. The number of guanidine groups is 1. The molecule has 0 saturated carbocycles. The van der Waals surface area contributed by atoms with Gasteiger partial charge in [0, 0.05) is 6.54 Å². The number of carboxylic acids is 1. The number of hydrogen-bond donors (Lipinski definition) is 7. The van der Waals surface area contributed by atoms with Crippen LogP contribution in [-0.4, -0.2) is 50.8 Å². The van der Waals surface area contributed by atoms with E-state index < -0.39 is 19.8 Å². The first-order valence-electron chi connectivity index (χ1n) is 10.4. The number of nitrogens with one attached hydrogen (secondary N) is 1. The molecule has 174 valence electrons. The first-order chi connectivity index (χ1) is 13.6. The highest BCUT2D eigenvalue weighted by Gasteiger charge is 2.15. The molecule has 0 aliphatic carbocycles. The van der Waals surface area contributed by atoms with E-state index in [-0.39, 0.29) is 5.96 Å². The van der Waals surface area contributed by atoms with Crippen molar-refractivity contribution in [3.05, 3.63) is 0 Å². The first kappa shape index (κ1) is 30.0. The van der Waals surface area contributed by atoms with Gasteiger partial charge < -0.3 is 36.6 Å². The molecule has 0 aromatic rings. The SMILES string of the molecule is CCCCCCCCCCCCN[C@@H](CCCN=C(N)N)C(=O)O.O=P(O)(O)O. The predicted octanol–water partition coefficient (Wildman–Crippen LogP) is 2.08. The van der Waals surface area contributed by atoms with Crippen LogP contribution in [0.25, 0.3) is 0 Å². The van der Waals surface area contributed by atoms with E-state index in [9.17, 15) is 9.90 Å². The van der Waals surface area contributed by atoms with Gasteiger partial charge in [0.2, 0.25) is 0 Å². The monoisotopic (exact) mass is 440 g/mol. The number of unbranched alkanes of at least 4 members (excludes halogenated alkanes) is 9. The number of carboxylic acid groups (broad SMARTS) is 1. The number of aliphatic imine (C=N–C) groups is 1. The quantitative estimate of drug-likeness (QED) is 0.0767. The molecule has 0 aliphatic rings. The zero-order chi connectivity index (χ0) is 22.5. The Hall–Kier alpha value is -1.19. The molecule has 0 unspecified atom stereocenters. The Bertz CT molecular complexity index is 461. The third kappa shape index (κ3) is 31.7. The summed E-state index contributed by atoms with van der Waals surface area (Å²) in [6.07, 6.45) is 14.1. The largest absolute Gasteiger partial charge is 0.480 e. The molecule has 0 rings (SSSR count). The van der Waals surface area contributed by atoms with Crippen molar-refractivity contribution in [3.63, 3.8) is 0 Å². The Morgan fingerprint density at radius 1 is 0.931 bits per heavy atom. The molecule has 9 N–H and O–H groups in total. The van der Waals surface area contributed by atoms with Crippen molar-refractivity contribution in [1.82, 2.24) is 5.32 Å². The summed E-state index contributed by atoms with van der Waals surface area (Å²) < 4.78 is 8.88. The number of nitrogens with two attached hydrogens (primary N) is 2. The maximum atomic E-state index is 11.2. The zero-order valence-corrected chi connectivity index (χ0v) is 18.5. The Morgan fingerprint density at radius 2 is 1.38 bits per heavy atom. The molecular formula is C18H41N4O6P. The summed E-state index contributed by atoms with van der Waals surface area (Å²) in [4.78, 5) is 36.6. The highest BCUT2D eigenvalue weighted by molar-refractivity contribution is 7.45. The molecule has 29 heavy (non-hydrogen) atoms. The zero-order valence-electron chi connectivity index (χ0n) is 17.6. The minimum atomic E-state index is -4.64. The van der Waals surface area contributed by atoms with E-state index in [1.807, 2.05) is 0 Å². The lowest BCUT2D eigenvalue weighted by atomic mass is 10.1. The van der Waals surface area contributed by atoms with E-state index in [0.29, 0.717) is 19.4 Å². The molecule has 0 aromatic carbocycles. The minimum Gasteiger partial charge on any atom is -0.480 e. The van der Waals surface area contributed by atoms with Gasteiger partial charge in [0.25, 0.3) is 0 Å². The van der Waals surface area contributed by atoms with Crippen LogP contribution in [0.2, 0.25) is 0 Å². The first-order valence-corrected chi connectivity index (χ1v) is 11.9. The van der Waals surface area contributed by atoms with Crippen LogP contribution in [0, 0.1) is 0 Å². The van der Waals surface area contributed by atoms with Gasteiger partial charge >= 0.3 is 13.8 Å². The third-order valence-electron chi connectivity index (χ3n) is 4.16. The summed E-state index contributed by atoms with van der Waals surface area (Å²) in [5.41, 5.74) is 10.5. The van der Waals surface area contributed by atoms with Crippen LogP contribution in [0.15, 0.2) is 4.99 Å². The summed E-state index contributed by atoms with van der Waals surface area (Å²) in [6, 6.07) is -0.502. The molecule has 1 atom stereocenters. The molecule has 0 fully saturated rings. The van der Waals surface area contributed by atoms with Gasteiger partial charge in [0.1, 0.15) is 6.04 Å². The standard InChI is InChI=1S/C18H38N4O2.H3O4P/c1-2-3-4-5-6-7-8-9-10-11-14-21-16(17(23)24)13-12-15-22-18(19)20;1-5(2,3)4/h16,21H,2-15H2,1H3,(H,23,24)(H4,19,20,22);(H3,1,2,3,4)/t16-;/m0./s1. The van der Waals surface area contributed by atoms with Gasteiger partial charge in [-0.15, -0.1) is 0 Å². The maximum absolute atomic E-state index is 11.2. The Morgan fingerprint density at radius 3 is 1.79 bits per heavy atom. The van der Waals surface area contributed by atoms with Gasteiger partial charge in [-0.3, -0.25) is 9.79 Å². The minimum absolute atomic E-state index is 0.0557. The topological polar surface area (TPSA) is 191 Å². The number of carbonyl (C=O) groups is 1. The Labute approximate surface area is 174 Å². The van der Waals surface area contributed by atoms with Crippen LogP contribution in [-0.2, 0) is 9.36 Å². The normalized spacial score (nSPS) is 12.0. The molecule has 0 radical (unpaired) electrons. The van der Waals surface area contributed by atoms with Gasteiger partial charge in [0.15, 0.2) is 5.96 Å². The molecule has 0 bridgehead atoms. The highest BCUT2D eigenvalue weighted by Crippen LogP contribution is 2.25. The molecule has 0 saturated heterocycles. The summed E-state index contributed by atoms with van der Waals surface area (Å²) in [5, 5.41) is 12.3. The van der Waals surface area contributed by atoms with Crippen molar-refractivity contribution in [2.45, 2.75) is 90.0 Å². The number of rotatable bonds is 17. The molecule has 0 aromatic heterocycles. The molecule has 0 heterocycles. The van der Waals surface area contributed by atoms with Crippen LogP contribution in [0.1, 0.15) is 84.0 Å². The highest BCUT2D eigenvalue weighted by atomic mass is 31.2. The molecule has 11 heteroatoms. The van der Waals surface area contributed by atoms with E-state index in [1.54, 1.807) is 0 Å². The average Bonchev–Trinajstić information content (AvgIpc) is 2.59. The van der Waals surface area contributed by atoms with Crippen molar-refractivity contribution in [3.8, 4) is 0 Å². The predicted molar refractivity (Wildman–Crippen MR) is 115 cm³/mol. The molecular weight excluding hydrogens is 399 g/mol. The fourth-order valence-corrected chi connectivity index (χ4v) is 2.71. The van der Waals surface area contributed by atoms with Crippen LogP contribution in [0.3, 0.4) is 0 Å². The van der Waals surface area contributed by atoms with Gasteiger partial charge in [0.05, 0.1) is 0 Å². The van der Waals surface area contributed by atoms with Crippen LogP contribution >= 0.6 is 7.82 Å².